The van der Waals surface area contributed by atoms with E-state index < -0.39 is 11.4 Å². The zero-order chi connectivity index (χ0) is 38.0. The molecule has 1 aromatic carbocycles. The second-order valence-corrected chi connectivity index (χ2v) is 14.2. The number of pyridine rings is 3. The van der Waals surface area contributed by atoms with E-state index in [1.807, 2.05) is 33.8 Å². The summed E-state index contributed by atoms with van der Waals surface area (Å²) in [6, 6.07) is 12.0. The fraction of sp³-hybridized carbons (Fsp3) is 0.216. The number of H-pyrrole nitrogens is 2. The molecule has 53 heavy (non-hydrogen) atoms. The average Bonchev–Trinajstić information content (AvgIpc) is 3.83. The lowest BCUT2D eigenvalue weighted by Gasteiger charge is -2.20. The molecule has 14 nitrogen and oxygen atoms in total. The first-order valence-corrected chi connectivity index (χ1v) is 17.3. The molecule has 0 unspecified atom stereocenters. The molecule has 16 heteroatoms. The summed E-state index contributed by atoms with van der Waals surface area (Å²) < 4.78 is 20.2. The number of nitrogens with one attached hydrogen (secondary N) is 4. The van der Waals surface area contributed by atoms with Gasteiger partial charge in [0.15, 0.2) is 5.82 Å². The number of fused-ring (bicyclic) bond motifs is 1. The summed E-state index contributed by atoms with van der Waals surface area (Å²) in [5.41, 5.74) is 2.72. The van der Waals surface area contributed by atoms with Crippen molar-refractivity contribution in [3.63, 3.8) is 0 Å². The minimum atomic E-state index is -0.588. The Morgan fingerprint density at radius 2 is 1.45 bits per heavy atom. The molecule has 0 spiro atoms. The molecule has 272 valence electrons. The highest BCUT2D eigenvalue weighted by molar-refractivity contribution is 9.10. The highest BCUT2D eigenvalue weighted by Gasteiger charge is 2.21. The number of hydrogen-bond donors (Lipinski definition) is 4. The van der Waals surface area contributed by atoms with Crippen LogP contribution in [0.2, 0.25) is 0 Å². The zero-order valence-electron chi connectivity index (χ0n) is 29.8. The summed E-state index contributed by atoms with van der Waals surface area (Å²) in [6.07, 6.45) is 10.2. The molecule has 7 rings (SSSR count). The maximum Gasteiger partial charge on any atom is 0.283 e. The zero-order valence-corrected chi connectivity index (χ0v) is 31.4. The van der Waals surface area contributed by atoms with E-state index in [1.165, 1.54) is 21.4 Å². The Morgan fingerprint density at radius 1 is 0.830 bits per heavy atom. The first-order chi connectivity index (χ1) is 25.2. The number of hydrogen-bond acceptors (Lipinski definition) is 9. The molecule has 0 saturated carbocycles. The number of aryl methyl sites for hydroxylation is 2. The first kappa shape index (κ1) is 36.6. The van der Waals surface area contributed by atoms with Crippen LogP contribution in [0.3, 0.4) is 0 Å². The highest BCUT2D eigenvalue weighted by atomic mass is 79.9. The fourth-order valence-corrected chi connectivity index (χ4v) is 6.29. The molecule has 0 aliphatic carbocycles. The highest BCUT2D eigenvalue weighted by Crippen LogP contribution is 2.30. The summed E-state index contributed by atoms with van der Waals surface area (Å²) in [4.78, 5) is 42.4. The third kappa shape index (κ3) is 7.72. The molecule has 0 fully saturated rings. The van der Waals surface area contributed by atoms with Crippen molar-refractivity contribution in [3.8, 4) is 16.9 Å². The summed E-state index contributed by atoms with van der Waals surface area (Å²) in [7, 11) is 3.37. The predicted molar refractivity (Wildman–Crippen MR) is 207 cm³/mol. The van der Waals surface area contributed by atoms with Gasteiger partial charge in [0.25, 0.3) is 16.7 Å². The van der Waals surface area contributed by atoms with Crippen LogP contribution in [-0.2, 0) is 25.9 Å². The minimum Gasteiger partial charge on any atom is -0.336 e. The van der Waals surface area contributed by atoms with E-state index in [0.29, 0.717) is 40.6 Å². The number of anilines is 4. The fourth-order valence-electron chi connectivity index (χ4n) is 5.75. The van der Waals surface area contributed by atoms with Crippen LogP contribution in [0.1, 0.15) is 38.8 Å². The van der Waals surface area contributed by atoms with Gasteiger partial charge in [0, 0.05) is 65.8 Å². The van der Waals surface area contributed by atoms with Gasteiger partial charge < -0.3 is 19.8 Å². The lowest BCUT2D eigenvalue weighted by Crippen LogP contribution is -2.25. The Bertz CT molecular complexity index is 2610. The Hall–Kier alpha value is -6.16. The van der Waals surface area contributed by atoms with Crippen molar-refractivity contribution in [2.45, 2.75) is 39.5 Å². The van der Waals surface area contributed by atoms with Gasteiger partial charge in [0.05, 0.1) is 24.0 Å². The Balaban J connectivity index is 0.000000267. The Morgan fingerprint density at radius 3 is 2.04 bits per heavy atom. The topological polar surface area (TPSA) is 173 Å². The van der Waals surface area contributed by atoms with Gasteiger partial charge in [-0.1, -0.05) is 27.7 Å². The number of aromatic amines is 2. The van der Waals surface area contributed by atoms with Crippen molar-refractivity contribution in [2.75, 3.05) is 10.6 Å². The van der Waals surface area contributed by atoms with E-state index in [2.05, 4.69) is 57.0 Å². The minimum absolute atomic E-state index is 0.0320. The molecule has 6 aromatic heterocycles. The molecule has 4 N–H and O–H groups in total. The molecule has 0 aliphatic rings. The Labute approximate surface area is 310 Å². The maximum absolute atomic E-state index is 15.2. The number of rotatable bonds is 7. The van der Waals surface area contributed by atoms with Crippen LogP contribution >= 0.6 is 15.9 Å². The third-order valence-electron chi connectivity index (χ3n) is 8.48. The Kier molecular flexibility index (Phi) is 10.2. The molecular weight excluding hydrogens is 745 g/mol. The van der Waals surface area contributed by atoms with Crippen molar-refractivity contribution in [1.82, 2.24) is 44.3 Å². The molecule has 0 aliphatic heterocycles. The summed E-state index contributed by atoms with van der Waals surface area (Å²) in [6.45, 7) is 7.90. The molecule has 7 aromatic rings. The van der Waals surface area contributed by atoms with Gasteiger partial charge in [0.2, 0.25) is 0 Å². The first-order valence-electron chi connectivity index (χ1n) is 16.6. The number of benzene rings is 1. The lowest BCUT2D eigenvalue weighted by molar-refractivity contribution is 0.576. The summed E-state index contributed by atoms with van der Waals surface area (Å²) in [5, 5.41) is 24.0. The largest absolute Gasteiger partial charge is 0.336 e. The van der Waals surface area contributed by atoms with E-state index >= 15 is 4.39 Å². The second-order valence-electron chi connectivity index (χ2n) is 13.3. The smallest absolute Gasteiger partial charge is 0.283 e. The van der Waals surface area contributed by atoms with E-state index in [0.717, 1.165) is 31.4 Å². The van der Waals surface area contributed by atoms with Gasteiger partial charge in [-0.15, -0.1) is 0 Å². The van der Waals surface area contributed by atoms with E-state index in [9.17, 15) is 14.4 Å². The van der Waals surface area contributed by atoms with Crippen LogP contribution in [0.15, 0.2) is 98.5 Å². The number of halogens is 2. The van der Waals surface area contributed by atoms with Gasteiger partial charge in [-0.3, -0.25) is 24.6 Å². The van der Waals surface area contributed by atoms with Crippen molar-refractivity contribution < 1.29 is 4.39 Å². The van der Waals surface area contributed by atoms with Gasteiger partial charge in [-0.25, -0.2) is 9.37 Å². The molecule has 0 radical (unpaired) electrons. The predicted octanol–water partition coefficient (Wildman–Crippen LogP) is 6.23. The lowest BCUT2D eigenvalue weighted by atomic mass is 9.86. The second kappa shape index (κ2) is 14.8. The normalized spacial score (nSPS) is 11.3. The third-order valence-corrected chi connectivity index (χ3v) is 8.91. The molecular formula is C37H37BrFN11O3. The van der Waals surface area contributed by atoms with Crippen LogP contribution in [0.5, 0.6) is 0 Å². The van der Waals surface area contributed by atoms with E-state index in [4.69, 9.17) is 0 Å². The molecule has 0 atom stereocenters. The molecule has 0 bridgehead atoms. The van der Waals surface area contributed by atoms with Crippen LogP contribution in [0.4, 0.5) is 27.4 Å². The average molecular weight is 783 g/mol. The molecule has 6 heterocycles. The van der Waals surface area contributed by atoms with Gasteiger partial charge >= 0.3 is 0 Å². The standard InChI is InChI=1S/C28H28FN7O2.C9H9BrN4O/c1-6-19-20(17-12-22(26(37)35(5)15-17)33-23-8-10-31-34-23)7-9-30-25(19)36-27(38)24-16(14-32-36)11-18(13-21(24)29)28(2,3)4;1-14-5-6(10)4-7(9(14)15)12-8-2-3-11-13-8/h7-15H,6H2,1-5H3,(H2,31,33,34);2-5H,1H3,(H2,11,12,13). The quantitative estimate of drug-likeness (QED) is 0.146. The SMILES string of the molecule is CCc1c(-c2cc(Nc3ccn[nH]3)c(=O)n(C)c2)ccnc1-n1ncc2cc(C(C)(C)C)cc(F)c2c1=O.Cn1cc(Br)cc(Nc2ccn[nH]2)c1=O. The maximum atomic E-state index is 15.2. The van der Waals surface area contributed by atoms with Crippen LogP contribution in [-0.4, -0.2) is 44.3 Å². The van der Waals surface area contributed by atoms with Crippen LogP contribution in [0, 0.1) is 5.82 Å². The van der Waals surface area contributed by atoms with E-state index in [-0.39, 0.29) is 21.9 Å². The summed E-state index contributed by atoms with van der Waals surface area (Å²) in [5.74, 6) is 0.989. The summed E-state index contributed by atoms with van der Waals surface area (Å²) >= 11 is 3.33. The molecule has 0 saturated heterocycles. The van der Waals surface area contributed by atoms with Gasteiger partial charge in [0.1, 0.15) is 28.8 Å². The number of aromatic nitrogens is 9. The van der Waals surface area contributed by atoms with Crippen molar-refractivity contribution in [1.29, 1.82) is 0 Å². The van der Waals surface area contributed by atoms with Crippen molar-refractivity contribution >= 4 is 49.7 Å². The van der Waals surface area contributed by atoms with Crippen molar-refractivity contribution in [2.24, 2.45) is 14.1 Å². The molecule has 0 amide bonds. The van der Waals surface area contributed by atoms with Gasteiger partial charge in [-0.05, 0) is 69.2 Å². The van der Waals surface area contributed by atoms with Gasteiger partial charge in [-0.2, -0.15) is 20.0 Å². The van der Waals surface area contributed by atoms with Crippen molar-refractivity contribution in [3.05, 3.63) is 132 Å². The van der Waals surface area contributed by atoms with Crippen LogP contribution in [0.25, 0.3) is 27.7 Å². The number of nitrogens with zero attached hydrogens (tertiary/aromatic N) is 7. The van der Waals surface area contributed by atoms with E-state index in [1.54, 1.807) is 75.4 Å². The van der Waals surface area contributed by atoms with Crippen LogP contribution < -0.4 is 27.3 Å². The monoisotopic (exact) mass is 781 g/mol.